The predicted molar refractivity (Wildman–Crippen MR) is 65.6 cm³/mol. The molecule has 1 aromatic rings. The number of halogens is 1. The number of anilines is 2. The molecule has 0 saturated heterocycles. The van der Waals surface area contributed by atoms with Crippen molar-refractivity contribution in [2.24, 2.45) is 0 Å². The van der Waals surface area contributed by atoms with E-state index in [1.807, 2.05) is 0 Å². The molecule has 0 heterocycles. The van der Waals surface area contributed by atoms with E-state index in [2.05, 4.69) is 4.72 Å². The van der Waals surface area contributed by atoms with Crippen molar-refractivity contribution in [3.8, 4) is 0 Å². The zero-order chi connectivity index (χ0) is 12.5. The van der Waals surface area contributed by atoms with Gasteiger partial charge in [-0.3, -0.25) is 4.72 Å². The Balaban J connectivity index is 2.26. The highest BCUT2D eigenvalue weighted by Crippen LogP contribution is 2.29. The van der Waals surface area contributed by atoms with Gasteiger partial charge in [0.05, 0.1) is 10.9 Å². The number of sulfonamides is 1. The lowest BCUT2D eigenvalue weighted by Gasteiger charge is -2.15. The van der Waals surface area contributed by atoms with Crippen LogP contribution in [0.15, 0.2) is 18.2 Å². The molecule has 0 amide bonds. The van der Waals surface area contributed by atoms with Crippen LogP contribution in [0.1, 0.15) is 25.7 Å². The minimum atomic E-state index is -3.53. The van der Waals surface area contributed by atoms with Gasteiger partial charge in [0.2, 0.25) is 10.0 Å². The topological polar surface area (TPSA) is 72.2 Å². The molecule has 1 aromatic carbocycles. The molecule has 1 aliphatic rings. The van der Waals surface area contributed by atoms with Crippen molar-refractivity contribution in [1.82, 2.24) is 0 Å². The summed E-state index contributed by atoms with van der Waals surface area (Å²) in [4.78, 5) is 0. The van der Waals surface area contributed by atoms with Gasteiger partial charge in [-0.25, -0.2) is 12.8 Å². The number of nitrogens with one attached hydrogen (secondary N) is 1. The Hall–Kier alpha value is -1.30. The van der Waals surface area contributed by atoms with Gasteiger partial charge in [0.1, 0.15) is 11.5 Å². The largest absolute Gasteiger partial charge is 0.397 e. The summed E-state index contributed by atoms with van der Waals surface area (Å²) in [6.45, 7) is 0. The zero-order valence-corrected chi connectivity index (χ0v) is 10.1. The molecule has 1 aliphatic carbocycles. The summed E-state index contributed by atoms with van der Waals surface area (Å²) >= 11 is 0. The van der Waals surface area contributed by atoms with Gasteiger partial charge in [-0.05, 0) is 25.0 Å². The molecule has 0 aliphatic heterocycles. The number of rotatable bonds is 3. The van der Waals surface area contributed by atoms with Crippen molar-refractivity contribution in [3.05, 3.63) is 24.0 Å². The molecular weight excluding hydrogens is 243 g/mol. The SMILES string of the molecule is Nc1cccc(F)c1NS(=O)(=O)C1CCCC1. The summed E-state index contributed by atoms with van der Waals surface area (Å²) in [5, 5.41) is -0.429. The van der Waals surface area contributed by atoms with Crippen LogP contribution < -0.4 is 10.5 Å². The monoisotopic (exact) mass is 258 g/mol. The second-order valence-corrected chi connectivity index (χ2v) is 6.22. The normalized spacial score (nSPS) is 17.2. The first-order valence-corrected chi connectivity index (χ1v) is 7.11. The highest BCUT2D eigenvalue weighted by atomic mass is 32.2. The average Bonchev–Trinajstić information content (AvgIpc) is 2.77. The number of hydrogen-bond acceptors (Lipinski definition) is 3. The summed E-state index contributed by atoms with van der Waals surface area (Å²) in [5.41, 5.74) is 5.52. The fraction of sp³-hybridized carbons (Fsp3) is 0.455. The lowest BCUT2D eigenvalue weighted by Crippen LogP contribution is -2.26. The Bertz CT molecular complexity index is 490. The molecule has 17 heavy (non-hydrogen) atoms. The van der Waals surface area contributed by atoms with E-state index in [0.29, 0.717) is 12.8 Å². The minimum Gasteiger partial charge on any atom is -0.397 e. The Morgan fingerprint density at radius 1 is 1.29 bits per heavy atom. The van der Waals surface area contributed by atoms with E-state index >= 15 is 0 Å². The molecule has 2 rings (SSSR count). The van der Waals surface area contributed by atoms with E-state index in [-0.39, 0.29) is 11.4 Å². The van der Waals surface area contributed by atoms with Crippen LogP contribution in [0.4, 0.5) is 15.8 Å². The molecule has 0 bridgehead atoms. The lowest BCUT2D eigenvalue weighted by atomic mass is 10.3. The van der Waals surface area contributed by atoms with Crippen LogP contribution in [-0.4, -0.2) is 13.7 Å². The minimum absolute atomic E-state index is 0.103. The number of benzene rings is 1. The van der Waals surface area contributed by atoms with Crippen LogP contribution in [0, 0.1) is 5.82 Å². The van der Waals surface area contributed by atoms with Gasteiger partial charge in [-0.1, -0.05) is 18.9 Å². The van der Waals surface area contributed by atoms with Crippen LogP contribution in [0.3, 0.4) is 0 Å². The highest BCUT2D eigenvalue weighted by Gasteiger charge is 2.29. The molecule has 0 spiro atoms. The van der Waals surface area contributed by atoms with Crippen molar-refractivity contribution in [2.45, 2.75) is 30.9 Å². The highest BCUT2D eigenvalue weighted by molar-refractivity contribution is 7.93. The van der Waals surface area contributed by atoms with Gasteiger partial charge in [-0.15, -0.1) is 0 Å². The zero-order valence-electron chi connectivity index (χ0n) is 9.32. The Morgan fingerprint density at radius 3 is 2.53 bits per heavy atom. The van der Waals surface area contributed by atoms with E-state index in [1.165, 1.54) is 18.2 Å². The third-order valence-corrected chi connectivity index (χ3v) is 4.87. The average molecular weight is 258 g/mol. The molecule has 94 valence electrons. The molecule has 1 fully saturated rings. The van der Waals surface area contributed by atoms with Gasteiger partial charge in [0.15, 0.2) is 0 Å². The molecule has 1 saturated carbocycles. The lowest BCUT2D eigenvalue weighted by molar-refractivity contribution is 0.583. The van der Waals surface area contributed by atoms with Crippen molar-refractivity contribution in [2.75, 3.05) is 10.5 Å². The molecule has 0 radical (unpaired) electrons. The summed E-state index contributed by atoms with van der Waals surface area (Å²) in [7, 11) is -3.53. The molecular formula is C11H15FN2O2S. The number of nitrogen functional groups attached to an aromatic ring is 1. The third kappa shape index (κ3) is 2.52. The molecule has 3 N–H and O–H groups in total. The van der Waals surface area contributed by atoms with Crippen LogP contribution in [-0.2, 0) is 10.0 Å². The maximum atomic E-state index is 13.5. The number of nitrogens with two attached hydrogens (primary N) is 1. The van der Waals surface area contributed by atoms with E-state index in [0.717, 1.165) is 12.8 Å². The van der Waals surface area contributed by atoms with Crippen LogP contribution in [0.5, 0.6) is 0 Å². The van der Waals surface area contributed by atoms with Crippen molar-refractivity contribution in [3.63, 3.8) is 0 Å². The fourth-order valence-corrected chi connectivity index (χ4v) is 3.69. The second kappa shape index (κ2) is 4.52. The van der Waals surface area contributed by atoms with Gasteiger partial charge in [0, 0.05) is 0 Å². The van der Waals surface area contributed by atoms with E-state index in [9.17, 15) is 12.8 Å². The van der Waals surface area contributed by atoms with Gasteiger partial charge >= 0.3 is 0 Å². The van der Waals surface area contributed by atoms with Crippen LogP contribution in [0.25, 0.3) is 0 Å². The van der Waals surface area contributed by atoms with Crippen molar-refractivity contribution in [1.29, 1.82) is 0 Å². The summed E-state index contributed by atoms with van der Waals surface area (Å²) in [5.74, 6) is -0.647. The first kappa shape index (κ1) is 12.2. The first-order chi connectivity index (χ1) is 8.00. The number of hydrogen-bond donors (Lipinski definition) is 2. The maximum Gasteiger partial charge on any atom is 0.235 e. The quantitative estimate of drug-likeness (QED) is 0.815. The van der Waals surface area contributed by atoms with Gasteiger partial charge in [-0.2, -0.15) is 0 Å². The molecule has 6 heteroatoms. The molecule has 4 nitrogen and oxygen atoms in total. The summed E-state index contributed by atoms with van der Waals surface area (Å²) in [6, 6.07) is 4.09. The summed E-state index contributed by atoms with van der Waals surface area (Å²) in [6.07, 6.45) is 3.06. The van der Waals surface area contributed by atoms with Crippen LogP contribution in [0.2, 0.25) is 0 Å². The fourth-order valence-electron chi connectivity index (χ4n) is 2.07. The molecule has 0 unspecified atom stereocenters. The Kier molecular flexibility index (Phi) is 3.24. The Labute approximate surface area is 100 Å². The molecule has 0 aromatic heterocycles. The molecule has 0 atom stereocenters. The van der Waals surface area contributed by atoms with Gasteiger partial charge in [0.25, 0.3) is 0 Å². The van der Waals surface area contributed by atoms with Gasteiger partial charge < -0.3 is 5.73 Å². The van der Waals surface area contributed by atoms with Crippen LogP contribution >= 0.6 is 0 Å². The smallest absolute Gasteiger partial charge is 0.235 e. The first-order valence-electron chi connectivity index (χ1n) is 5.56. The van der Waals surface area contributed by atoms with E-state index in [1.54, 1.807) is 0 Å². The number of para-hydroxylation sites is 1. The van der Waals surface area contributed by atoms with Crippen molar-refractivity contribution >= 4 is 21.4 Å². The second-order valence-electron chi connectivity index (χ2n) is 4.26. The third-order valence-electron chi connectivity index (χ3n) is 3.03. The van der Waals surface area contributed by atoms with E-state index in [4.69, 9.17) is 5.73 Å². The predicted octanol–water partition coefficient (Wildman–Crippen LogP) is 2.09. The van der Waals surface area contributed by atoms with Crippen molar-refractivity contribution < 1.29 is 12.8 Å². The standard InChI is InChI=1S/C11H15FN2O2S/c12-9-6-3-7-10(13)11(9)14-17(15,16)8-4-1-2-5-8/h3,6-8,14H,1-2,4-5,13H2. The maximum absolute atomic E-state index is 13.5. The Morgan fingerprint density at radius 2 is 1.94 bits per heavy atom. The van der Waals surface area contributed by atoms with E-state index < -0.39 is 21.1 Å². The summed E-state index contributed by atoms with van der Waals surface area (Å²) < 4.78 is 39.7.